The lowest BCUT2D eigenvalue weighted by Gasteiger charge is -2.28. The number of carbonyl (C=O) groups is 3. The van der Waals surface area contributed by atoms with Crippen LogP contribution in [0.3, 0.4) is 0 Å². The molecule has 2 bridgehead atoms. The zero-order valence-corrected chi connectivity index (χ0v) is 17.4. The summed E-state index contributed by atoms with van der Waals surface area (Å²) in [7, 11) is 0. The maximum absolute atomic E-state index is 13.1. The van der Waals surface area contributed by atoms with Crippen molar-refractivity contribution < 1.29 is 19.1 Å². The van der Waals surface area contributed by atoms with Crippen molar-refractivity contribution in [3.05, 3.63) is 65.2 Å². The van der Waals surface area contributed by atoms with Gasteiger partial charge in [0.1, 0.15) is 0 Å². The van der Waals surface area contributed by atoms with Crippen molar-refractivity contribution in [2.75, 3.05) is 11.9 Å². The molecule has 5 heteroatoms. The summed E-state index contributed by atoms with van der Waals surface area (Å²) in [6, 6.07) is 14.8. The van der Waals surface area contributed by atoms with Crippen LogP contribution in [0.25, 0.3) is 0 Å². The van der Waals surface area contributed by atoms with Crippen molar-refractivity contribution in [1.82, 2.24) is 0 Å². The Bertz CT molecular complexity index is 968. The summed E-state index contributed by atoms with van der Waals surface area (Å²) in [4.78, 5) is 38.3. The fraction of sp³-hybridized carbons (Fsp3) is 0.400. The second kappa shape index (κ2) is 8.42. The Balaban J connectivity index is 1.39. The molecule has 2 aliphatic carbocycles. The zero-order valence-electron chi connectivity index (χ0n) is 17.4. The third-order valence-corrected chi connectivity index (χ3v) is 6.69. The van der Waals surface area contributed by atoms with Gasteiger partial charge in [0.25, 0.3) is 5.91 Å². The first kappa shape index (κ1) is 20.3. The lowest BCUT2D eigenvalue weighted by Crippen LogP contribution is -2.37. The van der Waals surface area contributed by atoms with Crippen LogP contribution < -0.4 is 5.32 Å². The van der Waals surface area contributed by atoms with Crippen molar-refractivity contribution in [2.45, 2.75) is 33.1 Å². The standard InChI is InChI=1S/C25H27NO4/c1-15-8-11-20(12-16(15)2)26-21(27)14-30-25(29)23-19-10-9-18(13-19)22(23)24(28)17-6-4-3-5-7-17/h3-8,11-12,18-19,22-23H,9-10,13-14H2,1-2H3,(H,26,27)/t18-,19-,22+,23+/m0/s1. The number of esters is 1. The smallest absolute Gasteiger partial charge is 0.310 e. The minimum absolute atomic E-state index is 0.0179. The van der Waals surface area contributed by atoms with Crippen molar-refractivity contribution in [3.8, 4) is 0 Å². The van der Waals surface area contributed by atoms with Gasteiger partial charge in [-0.25, -0.2) is 0 Å². The van der Waals surface area contributed by atoms with E-state index in [1.54, 1.807) is 12.1 Å². The van der Waals surface area contributed by atoms with Crippen LogP contribution in [0.4, 0.5) is 5.69 Å². The minimum atomic E-state index is -0.453. The zero-order chi connectivity index (χ0) is 21.3. The number of benzene rings is 2. The highest BCUT2D eigenvalue weighted by molar-refractivity contribution is 6.01. The van der Waals surface area contributed by atoms with E-state index in [1.165, 1.54) is 0 Å². The highest BCUT2D eigenvalue weighted by Gasteiger charge is 2.54. The van der Waals surface area contributed by atoms with Crippen LogP contribution in [-0.4, -0.2) is 24.3 Å². The van der Waals surface area contributed by atoms with Gasteiger partial charge in [-0.15, -0.1) is 0 Å². The average Bonchev–Trinajstić information content (AvgIpc) is 3.36. The molecule has 30 heavy (non-hydrogen) atoms. The van der Waals surface area contributed by atoms with Crippen molar-refractivity contribution in [2.24, 2.45) is 23.7 Å². The molecule has 2 aromatic carbocycles. The molecule has 1 N–H and O–H groups in total. The van der Waals surface area contributed by atoms with Crippen LogP contribution in [-0.2, 0) is 14.3 Å². The van der Waals surface area contributed by atoms with Gasteiger partial charge in [-0.3, -0.25) is 14.4 Å². The molecule has 0 aromatic heterocycles. The van der Waals surface area contributed by atoms with E-state index >= 15 is 0 Å². The molecule has 0 aliphatic heterocycles. The molecule has 2 saturated carbocycles. The SMILES string of the molecule is Cc1ccc(NC(=O)COC(=O)[C@@H]2[C@H]3CC[C@@H](C3)[C@H]2C(=O)c2ccccc2)cc1C. The van der Waals surface area contributed by atoms with Crippen molar-refractivity contribution >= 4 is 23.3 Å². The van der Waals surface area contributed by atoms with Gasteiger partial charge in [0.15, 0.2) is 12.4 Å². The number of rotatable bonds is 6. The van der Waals surface area contributed by atoms with Crippen LogP contribution in [0.5, 0.6) is 0 Å². The number of ether oxygens (including phenoxy) is 1. The number of fused-ring (bicyclic) bond motifs is 2. The monoisotopic (exact) mass is 405 g/mol. The van der Waals surface area contributed by atoms with E-state index in [2.05, 4.69) is 5.32 Å². The number of hydrogen-bond acceptors (Lipinski definition) is 4. The van der Waals surface area contributed by atoms with Gasteiger partial charge in [-0.2, -0.15) is 0 Å². The Kier molecular flexibility index (Phi) is 5.71. The van der Waals surface area contributed by atoms with Crippen LogP contribution in [0.15, 0.2) is 48.5 Å². The van der Waals surface area contributed by atoms with E-state index < -0.39 is 11.9 Å². The Morgan fingerprint density at radius 3 is 2.33 bits per heavy atom. The van der Waals surface area contributed by atoms with E-state index in [1.807, 2.05) is 50.2 Å². The number of ketones is 1. The molecule has 2 aliphatic rings. The van der Waals surface area contributed by atoms with Gasteiger partial charge in [0.2, 0.25) is 0 Å². The van der Waals surface area contributed by atoms with Crippen LogP contribution in [0, 0.1) is 37.5 Å². The maximum atomic E-state index is 13.1. The maximum Gasteiger partial charge on any atom is 0.310 e. The molecule has 4 atom stereocenters. The Hall–Kier alpha value is -2.95. The van der Waals surface area contributed by atoms with Crippen LogP contribution >= 0.6 is 0 Å². The van der Waals surface area contributed by atoms with Crippen LogP contribution in [0.1, 0.15) is 40.7 Å². The van der Waals surface area contributed by atoms with Gasteiger partial charge in [-0.05, 0) is 68.2 Å². The van der Waals surface area contributed by atoms with Gasteiger partial charge in [0, 0.05) is 17.2 Å². The average molecular weight is 405 g/mol. The third kappa shape index (κ3) is 4.02. The number of aryl methyl sites for hydroxylation is 2. The molecule has 0 saturated heterocycles. The predicted molar refractivity (Wildman–Crippen MR) is 114 cm³/mol. The van der Waals surface area contributed by atoms with Crippen LogP contribution in [0.2, 0.25) is 0 Å². The third-order valence-electron chi connectivity index (χ3n) is 6.69. The predicted octanol–water partition coefficient (Wildman–Crippen LogP) is 4.33. The quantitative estimate of drug-likeness (QED) is 0.573. The molecule has 5 nitrogen and oxygen atoms in total. The summed E-state index contributed by atoms with van der Waals surface area (Å²) < 4.78 is 5.38. The molecule has 0 heterocycles. The van der Waals surface area contributed by atoms with Gasteiger partial charge in [0.05, 0.1) is 5.92 Å². The first-order valence-electron chi connectivity index (χ1n) is 10.6. The Labute approximate surface area is 176 Å². The van der Waals surface area contributed by atoms with E-state index in [0.29, 0.717) is 11.3 Å². The highest BCUT2D eigenvalue weighted by atomic mass is 16.5. The summed E-state index contributed by atoms with van der Waals surface area (Å²) in [6.07, 6.45) is 2.81. The molecular weight excluding hydrogens is 378 g/mol. The Morgan fingerprint density at radius 1 is 0.933 bits per heavy atom. The fourth-order valence-corrected chi connectivity index (χ4v) is 5.05. The molecule has 156 valence electrons. The van der Waals surface area contributed by atoms with E-state index in [9.17, 15) is 14.4 Å². The van der Waals surface area contributed by atoms with Gasteiger partial charge in [-0.1, -0.05) is 36.4 Å². The molecule has 2 aromatic rings. The Morgan fingerprint density at radius 2 is 1.63 bits per heavy atom. The molecule has 2 fully saturated rings. The number of anilines is 1. The summed E-state index contributed by atoms with van der Waals surface area (Å²) in [6.45, 7) is 3.64. The molecular formula is C25H27NO4. The highest BCUT2D eigenvalue weighted by Crippen LogP contribution is 2.53. The number of Topliss-reactive ketones (excluding diaryl/α,β-unsaturated/α-hetero) is 1. The lowest BCUT2D eigenvalue weighted by atomic mass is 9.75. The number of nitrogens with one attached hydrogen (secondary N) is 1. The first-order valence-corrected chi connectivity index (χ1v) is 10.6. The van der Waals surface area contributed by atoms with Crippen molar-refractivity contribution in [3.63, 3.8) is 0 Å². The van der Waals surface area contributed by atoms with E-state index in [4.69, 9.17) is 4.74 Å². The topological polar surface area (TPSA) is 72.5 Å². The summed E-state index contributed by atoms with van der Waals surface area (Å²) in [5, 5.41) is 2.77. The molecule has 0 radical (unpaired) electrons. The largest absolute Gasteiger partial charge is 0.455 e. The van der Waals surface area contributed by atoms with E-state index in [0.717, 1.165) is 30.4 Å². The normalized spacial score (nSPS) is 24.5. The molecule has 0 spiro atoms. The van der Waals surface area contributed by atoms with E-state index in [-0.39, 0.29) is 36.1 Å². The van der Waals surface area contributed by atoms with Gasteiger partial charge >= 0.3 is 5.97 Å². The molecule has 0 unspecified atom stereocenters. The molecule has 1 amide bonds. The molecule has 4 rings (SSSR count). The van der Waals surface area contributed by atoms with Gasteiger partial charge < -0.3 is 10.1 Å². The second-order valence-electron chi connectivity index (χ2n) is 8.57. The summed E-state index contributed by atoms with van der Waals surface area (Å²) in [5.74, 6) is -1.18. The second-order valence-corrected chi connectivity index (χ2v) is 8.57. The summed E-state index contributed by atoms with van der Waals surface area (Å²) >= 11 is 0. The number of amides is 1. The number of carbonyl (C=O) groups excluding carboxylic acids is 3. The number of hydrogen-bond donors (Lipinski definition) is 1. The summed E-state index contributed by atoms with van der Waals surface area (Å²) in [5.41, 5.74) is 3.54. The van der Waals surface area contributed by atoms with Crippen molar-refractivity contribution in [1.29, 1.82) is 0 Å². The minimum Gasteiger partial charge on any atom is -0.455 e. The fourth-order valence-electron chi connectivity index (χ4n) is 5.05. The first-order chi connectivity index (χ1) is 14.4. The lowest BCUT2D eigenvalue weighted by molar-refractivity contribution is -0.154.